The number of nitrogens with one attached hydrogen (secondary N) is 3. The molecule has 0 aromatic carbocycles. The molecule has 33 heavy (non-hydrogen) atoms. The predicted molar refractivity (Wildman–Crippen MR) is 126 cm³/mol. The first-order chi connectivity index (χ1) is 16.0. The van der Waals surface area contributed by atoms with E-state index in [1.165, 1.54) is 38.2 Å². The Balaban J connectivity index is 1.44. The molecule has 1 aliphatic heterocycles. The number of hydrogen-bond acceptors (Lipinski definition) is 7. The fourth-order valence-electron chi connectivity index (χ4n) is 4.23. The molecule has 1 unspecified atom stereocenters. The van der Waals surface area contributed by atoms with E-state index in [1.807, 2.05) is 6.92 Å². The average Bonchev–Trinajstić information content (AvgIpc) is 2.86. The predicted octanol–water partition coefficient (Wildman–Crippen LogP) is 3.34. The summed E-state index contributed by atoms with van der Waals surface area (Å²) in [6.07, 6.45) is 15.2. The van der Waals surface area contributed by atoms with Gasteiger partial charge in [0, 0.05) is 25.1 Å². The fourth-order valence-corrected chi connectivity index (χ4v) is 4.23. The Hall–Kier alpha value is -2.52. The second-order valence-corrected chi connectivity index (χ2v) is 8.84. The van der Waals surface area contributed by atoms with Crippen LogP contribution in [0.1, 0.15) is 77.3 Å². The van der Waals surface area contributed by atoms with E-state index in [1.54, 1.807) is 18.5 Å². The summed E-state index contributed by atoms with van der Waals surface area (Å²) in [5, 5.41) is 6.34. The van der Waals surface area contributed by atoms with Crippen LogP contribution in [-0.2, 0) is 19.2 Å². The third kappa shape index (κ3) is 8.40. The highest BCUT2D eigenvalue weighted by atomic mass is 16.8. The Morgan fingerprint density at radius 1 is 1.15 bits per heavy atom. The van der Waals surface area contributed by atoms with E-state index in [4.69, 9.17) is 9.57 Å². The Bertz CT molecular complexity index is 774. The molecule has 3 N–H and O–H groups in total. The maximum absolute atomic E-state index is 12.8. The maximum atomic E-state index is 12.8. The normalized spacial score (nSPS) is 21.3. The molecule has 2 aliphatic rings. The van der Waals surface area contributed by atoms with Crippen LogP contribution in [-0.4, -0.2) is 46.8 Å². The van der Waals surface area contributed by atoms with E-state index in [0.29, 0.717) is 30.5 Å². The van der Waals surface area contributed by atoms with Crippen LogP contribution in [0.15, 0.2) is 18.5 Å². The molecule has 2 amide bonds. The second-order valence-electron chi connectivity index (χ2n) is 8.84. The molecule has 1 saturated heterocycles. The number of nitrogens with zero attached hydrogens (tertiary/aromatic N) is 2. The molecule has 0 bridgehead atoms. The minimum Gasteiger partial charge on any atom is -0.357 e. The van der Waals surface area contributed by atoms with Gasteiger partial charge in [0.2, 0.25) is 5.91 Å². The average molecular weight is 460 g/mol. The minimum atomic E-state index is -0.400. The van der Waals surface area contributed by atoms with Crippen molar-refractivity contribution in [2.24, 2.45) is 5.92 Å². The van der Waals surface area contributed by atoms with E-state index in [2.05, 4.69) is 33.0 Å². The molecule has 1 aromatic rings. The first kappa shape index (κ1) is 25.1. The lowest BCUT2D eigenvalue weighted by Crippen LogP contribution is -2.46. The van der Waals surface area contributed by atoms with Gasteiger partial charge in [-0.2, -0.15) is 0 Å². The maximum Gasteiger partial charge on any atom is 0.267 e. The van der Waals surface area contributed by atoms with Crippen molar-refractivity contribution < 1.29 is 19.2 Å². The molecule has 2 fully saturated rings. The number of hydroxylamine groups is 1. The zero-order valence-electron chi connectivity index (χ0n) is 19.7. The number of rotatable bonds is 10. The van der Waals surface area contributed by atoms with Crippen LogP contribution in [0, 0.1) is 5.92 Å². The molecule has 1 aliphatic carbocycles. The summed E-state index contributed by atoms with van der Waals surface area (Å²) in [7, 11) is 0. The Morgan fingerprint density at radius 2 is 1.94 bits per heavy atom. The van der Waals surface area contributed by atoms with Crippen LogP contribution in [0.25, 0.3) is 6.08 Å². The monoisotopic (exact) mass is 459 g/mol. The van der Waals surface area contributed by atoms with E-state index < -0.39 is 12.2 Å². The minimum absolute atomic E-state index is 0.0139. The number of hydrogen-bond donors (Lipinski definition) is 3. The first-order valence-electron chi connectivity index (χ1n) is 12.2. The van der Waals surface area contributed by atoms with Gasteiger partial charge in [0.1, 0.15) is 11.9 Å². The molecule has 1 saturated carbocycles. The molecule has 0 radical (unpaired) electrons. The van der Waals surface area contributed by atoms with Crippen molar-refractivity contribution in [2.75, 3.05) is 11.9 Å². The highest BCUT2D eigenvalue weighted by Crippen LogP contribution is 2.26. The van der Waals surface area contributed by atoms with Crippen molar-refractivity contribution >= 4 is 23.7 Å². The lowest BCUT2D eigenvalue weighted by Gasteiger charge is -2.29. The molecule has 9 nitrogen and oxygen atoms in total. The van der Waals surface area contributed by atoms with Gasteiger partial charge < -0.3 is 15.4 Å². The van der Waals surface area contributed by atoms with E-state index in [9.17, 15) is 9.59 Å². The van der Waals surface area contributed by atoms with Crippen molar-refractivity contribution in [3.63, 3.8) is 0 Å². The van der Waals surface area contributed by atoms with Gasteiger partial charge in [-0.05, 0) is 51.0 Å². The van der Waals surface area contributed by atoms with Crippen LogP contribution in [0.2, 0.25) is 0 Å². The zero-order chi connectivity index (χ0) is 23.5. The summed E-state index contributed by atoms with van der Waals surface area (Å²) in [4.78, 5) is 38.5. The lowest BCUT2D eigenvalue weighted by atomic mass is 9.84. The standard InChI is InChI=1S/C24H37N5O4/c1-3-20(24(31)27-17(2)18-9-5-4-6-10-18)28-21-16-25-19(15-26-21)12-13-22(30)29-33-23-11-7-8-14-32-23/h12-13,15-18,20,23H,3-11,14H2,1-2H3,(H,26,28)(H,27,31)(H,29,30)/t17-,20+,23?/m0/s1. The van der Waals surface area contributed by atoms with E-state index in [0.717, 1.165) is 19.3 Å². The van der Waals surface area contributed by atoms with Crippen molar-refractivity contribution in [3.8, 4) is 0 Å². The molecule has 2 heterocycles. The number of carbonyl (C=O) groups is 2. The van der Waals surface area contributed by atoms with Crippen molar-refractivity contribution in [1.82, 2.24) is 20.8 Å². The van der Waals surface area contributed by atoms with Crippen molar-refractivity contribution in [1.29, 1.82) is 0 Å². The summed E-state index contributed by atoms with van der Waals surface area (Å²) in [6.45, 7) is 4.71. The highest BCUT2D eigenvalue weighted by molar-refractivity contribution is 5.90. The third-order valence-electron chi connectivity index (χ3n) is 6.28. The summed E-state index contributed by atoms with van der Waals surface area (Å²) in [5.41, 5.74) is 2.88. The van der Waals surface area contributed by atoms with E-state index in [-0.39, 0.29) is 18.0 Å². The molecule has 182 valence electrons. The number of anilines is 1. The molecular weight excluding hydrogens is 422 g/mol. The summed E-state index contributed by atoms with van der Waals surface area (Å²) in [6, 6.07) is -0.205. The SMILES string of the molecule is CC[C@@H](Nc1cnc(C=CC(=O)NOC2CCCCO2)cn1)C(=O)N[C@@H](C)C1CCCCC1. The molecule has 3 rings (SSSR count). The molecule has 9 heteroatoms. The number of ether oxygens (including phenoxy) is 1. The van der Waals surface area contributed by atoms with Crippen molar-refractivity contribution in [3.05, 3.63) is 24.2 Å². The Kier molecular flexibility index (Phi) is 10.1. The number of aromatic nitrogens is 2. The first-order valence-corrected chi connectivity index (χ1v) is 12.2. The smallest absolute Gasteiger partial charge is 0.267 e. The summed E-state index contributed by atoms with van der Waals surface area (Å²) >= 11 is 0. The van der Waals surface area contributed by atoms with Gasteiger partial charge in [0.15, 0.2) is 6.29 Å². The van der Waals surface area contributed by atoms with Crippen LogP contribution in [0.4, 0.5) is 5.82 Å². The summed E-state index contributed by atoms with van der Waals surface area (Å²) in [5.74, 6) is 0.661. The van der Waals surface area contributed by atoms with Crippen molar-refractivity contribution in [2.45, 2.75) is 90.0 Å². The van der Waals surface area contributed by atoms with Crippen LogP contribution in [0.5, 0.6) is 0 Å². The summed E-state index contributed by atoms with van der Waals surface area (Å²) < 4.78 is 5.39. The quantitative estimate of drug-likeness (QED) is 0.363. The molecular formula is C24H37N5O4. The van der Waals surface area contributed by atoms with E-state index >= 15 is 0 Å². The van der Waals surface area contributed by atoms with Gasteiger partial charge in [-0.1, -0.05) is 26.2 Å². The van der Waals surface area contributed by atoms with Gasteiger partial charge in [0.25, 0.3) is 5.91 Å². The topological polar surface area (TPSA) is 114 Å². The zero-order valence-corrected chi connectivity index (χ0v) is 19.7. The lowest BCUT2D eigenvalue weighted by molar-refractivity contribution is -0.198. The number of amides is 2. The van der Waals surface area contributed by atoms with Gasteiger partial charge in [-0.15, -0.1) is 0 Å². The second kappa shape index (κ2) is 13.3. The fraction of sp³-hybridized carbons (Fsp3) is 0.667. The van der Waals surface area contributed by atoms with Crippen LogP contribution < -0.4 is 16.1 Å². The molecule has 3 atom stereocenters. The molecule has 0 spiro atoms. The molecule has 1 aromatic heterocycles. The van der Waals surface area contributed by atoms with Gasteiger partial charge in [-0.3, -0.25) is 14.6 Å². The van der Waals surface area contributed by atoms with Crippen LogP contribution in [0.3, 0.4) is 0 Å². The van der Waals surface area contributed by atoms with Gasteiger partial charge in [-0.25, -0.2) is 15.3 Å². The largest absolute Gasteiger partial charge is 0.357 e. The van der Waals surface area contributed by atoms with Gasteiger partial charge in [0.05, 0.1) is 18.1 Å². The Labute approximate surface area is 196 Å². The Morgan fingerprint density at radius 3 is 2.61 bits per heavy atom. The van der Waals surface area contributed by atoms with Crippen LogP contribution >= 0.6 is 0 Å². The number of carbonyl (C=O) groups excluding carboxylic acids is 2. The third-order valence-corrected chi connectivity index (χ3v) is 6.28. The highest BCUT2D eigenvalue weighted by Gasteiger charge is 2.24. The van der Waals surface area contributed by atoms with Gasteiger partial charge >= 0.3 is 0 Å².